The predicted octanol–water partition coefficient (Wildman–Crippen LogP) is 4.55. The monoisotopic (exact) mass is 491 g/mol. The molecule has 0 radical (unpaired) electrons. The first-order valence-electron chi connectivity index (χ1n) is 11.3. The molecule has 1 fully saturated rings. The second-order valence-electron chi connectivity index (χ2n) is 8.62. The number of hydrogen-bond donors (Lipinski definition) is 1. The first-order chi connectivity index (χ1) is 16.8. The molecule has 1 aromatic heterocycles. The molecule has 8 nitrogen and oxygen atoms in total. The quantitative estimate of drug-likeness (QED) is 0.440. The lowest BCUT2D eigenvalue weighted by molar-refractivity contribution is -0.0440. The number of aromatic nitrogens is 1. The third kappa shape index (κ3) is 4.84. The summed E-state index contributed by atoms with van der Waals surface area (Å²) in [6, 6.07) is 20.7. The Balaban J connectivity index is 1.27. The molecule has 1 amide bonds. The predicted molar refractivity (Wildman–Crippen MR) is 133 cm³/mol. The molecule has 0 unspecified atom stereocenters. The number of carbonyl (C=O) groups excluding carboxylic acids is 1. The second kappa shape index (κ2) is 9.26. The summed E-state index contributed by atoms with van der Waals surface area (Å²) in [5, 5.41) is 2.83. The van der Waals surface area contributed by atoms with Crippen molar-refractivity contribution in [1.82, 2.24) is 9.29 Å². The average Bonchev–Trinajstić information content (AvgIpc) is 3.28. The molecule has 35 heavy (non-hydrogen) atoms. The summed E-state index contributed by atoms with van der Waals surface area (Å²) >= 11 is 0. The molecule has 1 N–H and O–H groups in total. The van der Waals surface area contributed by atoms with Crippen LogP contribution < -0.4 is 5.32 Å². The van der Waals surface area contributed by atoms with Crippen molar-refractivity contribution in [3.8, 4) is 11.5 Å². The molecule has 2 heterocycles. The van der Waals surface area contributed by atoms with Crippen LogP contribution in [-0.2, 0) is 14.8 Å². The lowest BCUT2D eigenvalue weighted by Gasteiger charge is -2.34. The average molecular weight is 492 g/mol. The van der Waals surface area contributed by atoms with Gasteiger partial charge in [-0.15, -0.1) is 0 Å². The van der Waals surface area contributed by atoms with Crippen LogP contribution in [0.2, 0.25) is 0 Å². The number of carbonyl (C=O) groups is 1. The molecule has 0 saturated carbocycles. The van der Waals surface area contributed by atoms with Crippen molar-refractivity contribution in [2.45, 2.75) is 31.0 Å². The van der Waals surface area contributed by atoms with E-state index in [0.717, 1.165) is 11.1 Å². The van der Waals surface area contributed by atoms with Gasteiger partial charge in [-0.05, 0) is 74.5 Å². The summed E-state index contributed by atoms with van der Waals surface area (Å²) in [5.41, 5.74) is 3.24. The second-order valence-corrected chi connectivity index (χ2v) is 10.6. The minimum absolute atomic E-state index is 0.151. The first kappa shape index (κ1) is 23.2. The third-order valence-electron chi connectivity index (χ3n) is 5.82. The fourth-order valence-electron chi connectivity index (χ4n) is 4.15. The number of anilines is 1. The van der Waals surface area contributed by atoms with Crippen molar-refractivity contribution in [2.24, 2.45) is 0 Å². The molecule has 0 aliphatic carbocycles. The highest BCUT2D eigenvalue weighted by atomic mass is 32.2. The number of nitrogens with zero attached hydrogens (tertiary/aromatic N) is 2. The van der Waals surface area contributed by atoms with Gasteiger partial charge in [-0.25, -0.2) is 13.4 Å². The van der Waals surface area contributed by atoms with E-state index in [1.165, 1.54) is 28.6 Å². The Hall–Kier alpha value is -3.53. The number of ether oxygens (including phenoxy) is 1. The summed E-state index contributed by atoms with van der Waals surface area (Å²) in [4.78, 5) is 17.3. The number of morpholine rings is 1. The van der Waals surface area contributed by atoms with Crippen LogP contribution in [0.4, 0.5) is 5.69 Å². The van der Waals surface area contributed by atoms with Gasteiger partial charge in [0.15, 0.2) is 5.58 Å². The summed E-state index contributed by atoms with van der Waals surface area (Å²) in [7, 11) is -3.66. The molecule has 1 aliphatic heterocycles. The number of nitrogens with one attached hydrogen (secondary N) is 1. The Morgan fingerprint density at radius 1 is 0.943 bits per heavy atom. The number of sulfonamides is 1. The Bertz CT molecular complexity index is 1420. The van der Waals surface area contributed by atoms with E-state index in [4.69, 9.17) is 9.15 Å². The summed E-state index contributed by atoms with van der Waals surface area (Å²) in [5.74, 6) is 0.169. The SMILES string of the molecule is C[C@H]1CN(S(=O)(=O)c2ccc(C(=O)Nc3ccc(-c4nc5ccccc5o4)cc3)cc2)C[C@H](C)O1. The smallest absolute Gasteiger partial charge is 0.255 e. The third-order valence-corrected chi connectivity index (χ3v) is 7.67. The van der Waals surface area contributed by atoms with Crippen molar-refractivity contribution < 1.29 is 22.4 Å². The van der Waals surface area contributed by atoms with E-state index in [9.17, 15) is 13.2 Å². The van der Waals surface area contributed by atoms with Crippen LogP contribution in [0.3, 0.4) is 0 Å². The van der Waals surface area contributed by atoms with Crippen molar-refractivity contribution >= 4 is 32.7 Å². The van der Waals surface area contributed by atoms with Crippen molar-refractivity contribution in [2.75, 3.05) is 18.4 Å². The van der Waals surface area contributed by atoms with E-state index < -0.39 is 10.0 Å². The molecule has 0 bridgehead atoms. The lowest BCUT2D eigenvalue weighted by atomic mass is 10.2. The van der Waals surface area contributed by atoms with Crippen LogP contribution in [0.25, 0.3) is 22.6 Å². The van der Waals surface area contributed by atoms with Crippen LogP contribution >= 0.6 is 0 Å². The van der Waals surface area contributed by atoms with Crippen molar-refractivity contribution in [1.29, 1.82) is 0 Å². The number of rotatable bonds is 5. The maximum absolute atomic E-state index is 13.0. The van der Waals surface area contributed by atoms with Crippen molar-refractivity contribution in [3.05, 3.63) is 78.4 Å². The van der Waals surface area contributed by atoms with E-state index >= 15 is 0 Å². The number of oxazole rings is 1. The maximum Gasteiger partial charge on any atom is 0.255 e. The van der Waals surface area contributed by atoms with Gasteiger partial charge in [0.25, 0.3) is 5.91 Å². The molecule has 9 heteroatoms. The Morgan fingerprint density at radius 3 is 2.26 bits per heavy atom. The molecule has 180 valence electrons. The van der Waals surface area contributed by atoms with E-state index in [1.807, 2.05) is 50.2 Å². The molecule has 0 spiro atoms. The highest BCUT2D eigenvalue weighted by Gasteiger charge is 2.32. The lowest BCUT2D eigenvalue weighted by Crippen LogP contribution is -2.48. The number of para-hydroxylation sites is 2. The number of benzene rings is 3. The Kier molecular flexibility index (Phi) is 6.14. The standard InChI is InChI=1S/C26H25N3O5S/c1-17-15-29(16-18(2)33-17)35(31,32)22-13-9-19(10-14-22)25(30)27-21-11-7-20(8-12-21)26-28-23-5-3-4-6-24(23)34-26/h3-14,17-18H,15-16H2,1-2H3,(H,27,30)/t17-,18-/m0/s1. The maximum atomic E-state index is 13.0. The van der Waals surface area contributed by atoms with E-state index in [-0.39, 0.29) is 23.0 Å². The first-order valence-corrected chi connectivity index (χ1v) is 12.8. The Labute approximate surface area is 203 Å². The largest absolute Gasteiger partial charge is 0.436 e. The van der Waals surface area contributed by atoms with Crippen LogP contribution in [-0.4, -0.2) is 48.9 Å². The summed E-state index contributed by atoms with van der Waals surface area (Å²) < 4.78 is 38.9. The molecule has 1 aliphatic rings. The fourth-order valence-corrected chi connectivity index (χ4v) is 5.74. The molecule has 2 atom stereocenters. The fraction of sp³-hybridized carbons (Fsp3) is 0.231. The normalized spacial score (nSPS) is 19.0. The van der Waals surface area contributed by atoms with Crippen LogP contribution in [0.5, 0.6) is 0 Å². The zero-order chi connectivity index (χ0) is 24.6. The highest BCUT2D eigenvalue weighted by Crippen LogP contribution is 2.26. The number of hydrogen-bond acceptors (Lipinski definition) is 6. The van der Waals surface area contributed by atoms with Gasteiger partial charge in [0.1, 0.15) is 5.52 Å². The van der Waals surface area contributed by atoms with Crippen LogP contribution in [0.15, 0.2) is 82.1 Å². The molecule has 4 aromatic rings. The van der Waals surface area contributed by atoms with E-state index in [2.05, 4.69) is 10.3 Å². The summed E-state index contributed by atoms with van der Waals surface area (Å²) in [6.45, 7) is 4.31. The van der Waals surface area contributed by atoms with E-state index in [0.29, 0.717) is 35.8 Å². The zero-order valence-electron chi connectivity index (χ0n) is 19.3. The summed E-state index contributed by atoms with van der Waals surface area (Å²) in [6.07, 6.45) is -0.347. The van der Waals surface area contributed by atoms with Gasteiger partial charge in [-0.3, -0.25) is 4.79 Å². The van der Waals surface area contributed by atoms with Crippen LogP contribution in [0, 0.1) is 0 Å². The minimum atomic E-state index is -3.66. The zero-order valence-corrected chi connectivity index (χ0v) is 20.2. The minimum Gasteiger partial charge on any atom is -0.436 e. The Morgan fingerprint density at radius 2 is 1.60 bits per heavy atom. The van der Waals surface area contributed by atoms with Gasteiger partial charge in [0.2, 0.25) is 15.9 Å². The van der Waals surface area contributed by atoms with Gasteiger partial charge in [-0.1, -0.05) is 12.1 Å². The number of fused-ring (bicyclic) bond motifs is 1. The van der Waals surface area contributed by atoms with Crippen molar-refractivity contribution in [3.63, 3.8) is 0 Å². The molecule has 1 saturated heterocycles. The van der Waals surface area contributed by atoms with Gasteiger partial charge in [0, 0.05) is 29.9 Å². The molecule has 5 rings (SSSR count). The molecular formula is C26H25N3O5S. The topological polar surface area (TPSA) is 102 Å². The van der Waals surface area contributed by atoms with Gasteiger partial charge < -0.3 is 14.5 Å². The van der Waals surface area contributed by atoms with Gasteiger partial charge in [-0.2, -0.15) is 4.31 Å². The molecular weight excluding hydrogens is 466 g/mol. The number of amides is 1. The van der Waals surface area contributed by atoms with Gasteiger partial charge in [0.05, 0.1) is 17.1 Å². The van der Waals surface area contributed by atoms with Crippen LogP contribution in [0.1, 0.15) is 24.2 Å². The highest BCUT2D eigenvalue weighted by molar-refractivity contribution is 7.89. The van der Waals surface area contributed by atoms with Gasteiger partial charge >= 0.3 is 0 Å². The van der Waals surface area contributed by atoms with E-state index in [1.54, 1.807) is 12.1 Å². The molecule has 3 aromatic carbocycles.